The van der Waals surface area contributed by atoms with Crippen molar-refractivity contribution in [1.82, 2.24) is 4.90 Å². The van der Waals surface area contributed by atoms with E-state index in [4.69, 9.17) is 5.26 Å². The van der Waals surface area contributed by atoms with Gasteiger partial charge in [-0.15, -0.1) is 0 Å². The van der Waals surface area contributed by atoms with E-state index in [0.717, 1.165) is 6.42 Å². The van der Waals surface area contributed by atoms with Gasteiger partial charge in [-0.1, -0.05) is 27.7 Å². The van der Waals surface area contributed by atoms with Gasteiger partial charge in [-0.05, 0) is 25.8 Å². The van der Waals surface area contributed by atoms with Gasteiger partial charge in [0.1, 0.15) is 0 Å². The number of nitriles is 1. The van der Waals surface area contributed by atoms with Crippen LogP contribution in [0.2, 0.25) is 0 Å². The summed E-state index contributed by atoms with van der Waals surface area (Å²) in [6.45, 7) is 10.9. The van der Waals surface area contributed by atoms with Crippen LogP contribution in [0.5, 0.6) is 0 Å². The smallest absolute Gasteiger partial charge is 0.0975 e. The molecule has 0 spiro atoms. The lowest BCUT2D eigenvalue weighted by Crippen LogP contribution is -2.44. The molecule has 13 heavy (non-hydrogen) atoms. The van der Waals surface area contributed by atoms with Gasteiger partial charge in [0.2, 0.25) is 0 Å². The summed E-state index contributed by atoms with van der Waals surface area (Å²) in [7, 11) is 2.04. The Kier molecular flexibility index (Phi) is 4.43. The van der Waals surface area contributed by atoms with Crippen molar-refractivity contribution in [2.75, 3.05) is 7.05 Å². The summed E-state index contributed by atoms with van der Waals surface area (Å²) in [5, 5.41) is 8.92. The van der Waals surface area contributed by atoms with Gasteiger partial charge < -0.3 is 0 Å². The second-order valence-corrected chi connectivity index (χ2v) is 4.76. The summed E-state index contributed by atoms with van der Waals surface area (Å²) in [4.78, 5) is 2.17. The van der Waals surface area contributed by atoms with Crippen LogP contribution < -0.4 is 0 Å². The van der Waals surface area contributed by atoms with Crippen LogP contribution in [-0.4, -0.2) is 24.0 Å². The van der Waals surface area contributed by atoms with E-state index < -0.39 is 0 Å². The maximum Gasteiger partial charge on any atom is 0.0975 e. The van der Waals surface area contributed by atoms with E-state index >= 15 is 0 Å². The minimum absolute atomic E-state index is 0.0502. The summed E-state index contributed by atoms with van der Waals surface area (Å²) >= 11 is 0. The zero-order valence-electron chi connectivity index (χ0n) is 9.76. The van der Waals surface area contributed by atoms with Crippen LogP contribution in [0.25, 0.3) is 0 Å². The van der Waals surface area contributed by atoms with E-state index in [9.17, 15) is 0 Å². The zero-order chi connectivity index (χ0) is 10.6. The van der Waals surface area contributed by atoms with Crippen LogP contribution in [0.3, 0.4) is 0 Å². The van der Waals surface area contributed by atoms with Gasteiger partial charge in [0, 0.05) is 6.04 Å². The maximum atomic E-state index is 8.92. The summed E-state index contributed by atoms with van der Waals surface area (Å²) in [5.41, 5.74) is 0.235. The van der Waals surface area contributed by atoms with Gasteiger partial charge in [0.05, 0.1) is 12.1 Å². The molecule has 0 saturated carbocycles. The molecule has 2 unspecified atom stereocenters. The molecule has 0 aromatic rings. The molecular formula is C11H22N2. The molecule has 0 N–H and O–H groups in total. The molecule has 0 aromatic heterocycles. The Bertz CT molecular complexity index is 185. The summed E-state index contributed by atoms with van der Waals surface area (Å²) in [6, 6.07) is 2.81. The Morgan fingerprint density at radius 3 is 2.08 bits per heavy atom. The fourth-order valence-electron chi connectivity index (χ4n) is 1.35. The van der Waals surface area contributed by atoms with Gasteiger partial charge in [-0.3, -0.25) is 4.90 Å². The number of nitrogens with zero attached hydrogens (tertiary/aromatic N) is 2. The Hall–Kier alpha value is -0.550. The summed E-state index contributed by atoms with van der Waals surface area (Å²) < 4.78 is 0. The first-order valence-electron chi connectivity index (χ1n) is 4.96. The third-order valence-electron chi connectivity index (χ3n) is 2.89. The van der Waals surface area contributed by atoms with Gasteiger partial charge in [0.15, 0.2) is 0 Å². The molecule has 0 heterocycles. The molecule has 0 rings (SSSR count). The quantitative estimate of drug-likeness (QED) is 0.671. The predicted molar refractivity (Wildman–Crippen MR) is 56.4 cm³/mol. The Labute approximate surface area is 82.5 Å². The fraction of sp³-hybridized carbons (Fsp3) is 0.909. The van der Waals surface area contributed by atoms with Gasteiger partial charge in [0.25, 0.3) is 0 Å². The SMILES string of the molecule is CCC(C#N)N(C)C(C)C(C)(C)C. The van der Waals surface area contributed by atoms with E-state index in [1.165, 1.54) is 0 Å². The highest BCUT2D eigenvalue weighted by atomic mass is 15.2. The van der Waals surface area contributed by atoms with Crippen LogP contribution in [-0.2, 0) is 0 Å². The normalized spacial score (nSPS) is 16.8. The van der Waals surface area contributed by atoms with Crippen molar-refractivity contribution >= 4 is 0 Å². The predicted octanol–water partition coefficient (Wildman–Crippen LogP) is 2.65. The lowest BCUT2D eigenvalue weighted by molar-refractivity contribution is 0.117. The molecule has 2 heteroatoms. The van der Waals surface area contributed by atoms with Crippen molar-refractivity contribution in [1.29, 1.82) is 5.26 Å². The third-order valence-corrected chi connectivity index (χ3v) is 2.89. The first kappa shape index (κ1) is 12.4. The average Bonchev–Trinajstić information content (AvgIpc) is 2.03. The van der Waals surface area contributed by atoms with Crippen LogP contribution in [0.15, 0.2) is 0 Å². The topological polar surface area (TPSA) is 27.0 Å². The van der Waals surface area contributed by atoms with E-state index in [0.29, 0.717) is 6.04 Å². The van der Waals surface area contributed by atoms with Crippen molar-refractivity contribution in [2.45, 2.75) is 53.1 Å². The van der Waals surface area contributed by atoms with E-state index in [1.54, 1.807) is 0 Å². The molecule has 0 saturated heterocycles. The molecule has 0 radical (unpaired) electrons. The van der Waals surface area contributed by atoms with Gasteiger partial charge >= 0.3 is 0 Å². The van der Waals surface area contributed by atoms with E-state index in [1.807, 2.05) is 7.05 Å². The molecule has 0 aliphatic heterocycles. The van der Waals surface area contributed by atoms with Crippen LogP contribution in [0, 0.1) is 16.7 Å². The maximum absolute atomic E-state index is 8.92. The highest BCUT2D eigenvalue weighted by molar-refractivity contribution is 4.93. The highest BCUT2D eigenvalue weighted by Gasteiger charge is 2.27. The molecule has 76 valence electrons. The van der Waals surface area contributed by atoms with Crippen LogP contribution >= 0.6 is 0 Å². The fourth-order valence-corrected chi connectivity index (χ4v) is 1.35. The number of hydrogen-bond acceptors (Lipinski definition) is 2. The zero-order valence-corrected chi connectivity index (χ0v) is 9.76. The van der Waals surface area contributed by atoms with Crippen LogP contribution in [0.4, 0.5) is 0 Å². The summed E-state index contributed by atoms with van der Waals surface area (Å²) in [6.07, 6.45) is 0.896. The first-order valence-corrected chi connectivity index (χ1v) is 4.96. The molecule has 0 bridgehead atoms. The second-order valence-electron chi connectivity index (χ2n) is 4.76. The van der Waals surface area contributed by atoms with E-state index in [-0.39, 0.29) is 11.5 Å². The molecule has 2 nitrogen and oxygen atoms in total. The lowest BCUT2D eigenvalue weighted by atomic mass is 9.86. The molecule has 0 aliphatic rings. The third kappa shape index (κ3) is 3.36. The highest BCUT2D eigenvalue weighted by Crippen LogP contribution is 2.24. The molecule has 0 aromatic carbocycles. The Morgan fingerprint density at radius 1 is 1.38 bits per heavy atom. The van der Waals surface area contributed by atoms with Gasteiger partial charge in [-0.2, -0.15) is 5.26 Å². The Morgan fingerprint density at radius 2 is 1.85 bits per heavy atom. The van der Waals surface area contributed by atoms with Gasteiger partial charge in [-0.25, -0.2) is 0 Å². The first-order chi connectivity index (χ1) is 5.84. The van der Waals surface area contributed by atoms with Crippen molar-refractivity contribution in [3.05, 3.63) is 0 Å². The number of rotatable bonds is 3. The van der Waals surface area contributed by atoms with Crippen molar-refractivity contribution in [3.8, 4) is 6.07 Å². The lowest BCUT2D eigenvalue weighted by Gasteiger charge is -2.37. The Balaban J connectivity index is 4.42. The average molecular weight is 182 g/mol. The van der Waals surface area contributed by atoms with E-state index in [2.05, 4.69) is 45.6 Å². The molecule has 0 fully saturated rings. The minimum atomic E-state index is 0.0502. The molecule has 2 atom stereocenters. The standard InChI is InChI=1S/C11H22N2/c1-7-10(8-12)13(6)9(2)11(3,4)5/h9-10H,7H2,1-6H3. The summed E-state index contributed by atoms with van der Waals surface area (Å²) in [5.74, 6) is 0. The minimum Gasteiger partial charge on any atom is -0.288 e. The van der Waals surface area contributed by atoms with Crippen molar-refractivity contribution in [2.24, 2.45) is 5.41 Å². The monoisotopic (exact) mass is 182 g/mol. The van der Waals surface area contributed by atoms with Crippen molar-refractivity contribution in [3.63, 3.8) is 0 Å². The number of hydrogen-bond donors (Lipinski definition) is 0. The molecular weight excluding hydrogens is 160 g/mol. The molecule has 0 amide bonds. The van der Waals surface area contributed by atoms with Crippen molar-refractivity contribution < 1.29 is 0 Å². The molecule has 0 aliphatic carbocycles. The van der Waals surface area contributed by atoms with Crippen LogP contribution in [0.1, 0.15) is 41.0 Å². The largest absolute Gasteiger partial charge is 0.288 e. The second kappa shape index (κ2) is 4.62.